The van der Waals surface area contributed by atoms with E-state index >= 15 is 0 Å². The van der Waals surface area contributed by atoms with Crippen LogP contribution in [0.15, 0.2) is 11.3 Å². The Balaban J connectivity index is 0.00000361. The standard InChI is InChI=1S/C12H24N6O.HI/c1-3-11-17-16-10-18(11)8-7-15-12(13)14-6-5-9-19-4-2;/h10H,3-9H2,1-2H3,(H3,13,14,15);1H. The van der Waals surface area contributed by atoms with E-state index in [1.807, 2.05) is 11.5 Å². The Labute approximate surface area is 137 Å². The largest absolute Gasteiger partial charge is 0.382 e. The van der Waals surface area contributed by atoms with Crippen LogP contribution in [-0.4, -0.2) is 47.0 Å². The number of aryl methyl sites for hydroxylation is 1. The lowest BCUT2D eigenvalue weighted by atomic mass is 10.4. The van der Waals surface area contributed by atoms with Crippen molar-refractivity contribution in [3.63, 3.8) is 0 Å². The van der Waals surface area contributed by atoms with Gasteiger partial charge in [0.05, 0.1) is 0 Å². The van der Waals surface area contributed by atoms with Gasteiger partial charge < -0.3 is 20.4 Å². The molecule has 0 atom stereocenters. The van der Waals surface area contributed by atoms with E-state index in [-0.39, 0.29) is 24.0 Å². The maximum absolute atomic E-state index is 5.76. The molecular formula is C12H25IN6O. The summed E-state index contributed by atoms with van der Waals surface area (Å²) in [4.78, 5) is 4.22. The van der Waals surface area contributed by atoms with E-state index in [1.54, 1.807) is 6.33 Å². The lowest BCUT2D eigenvalue weighted by Gasteiger charge is -2.07. The number of guanidine groups is 1. The molecule has 1 rings (SSSR count). The summed E-state index contributed by atoms with van der Waals surface area (Å²) >= 11 is 0. The average Bonchev–Trinajstić information content (AvgIpc) is 2.86. The van der Waals surface area contributed by atoms with Gasteiger partial charge in [0.2, 0.25) is 0 Å². The molecule has 116 valence electrons. The van der Waals surface area contributed by atoms with Crippen molar-refractivity contribution in [2.75, 3.05) is 26.3 Å². The number of nitrogens with zero attached hydrogens (tertiary/aromatic N) is 4. The fourth-order valence-corrected chi connectivity index (χ4v) is 1.61. The van der Waals surface area contributed by atoms with Crippen molar-refractivity contribution in [1.82, 2.24) is 20.1 Å². The Morgan fingerprint density at radius 3 is 3.00 bits per heavy atom. The number of ether oxygens (including phenoxy) is 1. The van der Waals surface area contributed by atoms with Crippen LogP contribution in [0.1, 0.15) is 26.1 Å². The molecule has 0 fully saturated rings. The van der Waals surface area contributed by atoms with Crippen molar-refractivity contribution in [2.24, 2.45) is 10.7 Å². The van der Waals surface area contributed by atoms with Crippen molar-refractivity contribution in [2.45, 2.75) is 33.2 Å². The molecule has 3 N–H and O–H groups in total. The Morgan fingerprint density at radius 2 is 2.30 bits per heavy atom. The molecule has 20 heavy (non-hydrogen) atoms. The molecule has 0 radical (unpaired) electrons. The van der Waals surface area contributed by atoms with E-state index < -0.39 is 0 Å². The third-order valence-corrected chi connectivity index (χ3v) is 2.60. The zero-order valence-corrected chi connectivity index (χ0v) is 14.5. The van der Waals surface area contributed by atoms with E-state index in [0.717, 1.165) is 38.4 Å². The van der Waals surface area contributed by atoms with E-state index in [0.29, 0.717) is 19.0 Å². The second kappa shape index (κ2) is 11.9. The van der Waals surface area contributed by atoms with Crippen molar-refractivity contribution in [1.29, 1.82) is 0 Å². The van der Waals surface area contributed by atoms with Crippen LogP contribution in [0.3, 0.4) is 0 Å². The first-order valence-electron chi connectivity index (χ1n) is 6.76. The normalized spacial score (nSPS) is 11.2. The van der Waals surface area contributed by atoms with Gasteiger partial charge in [0.25, 0.3) is 0 Å². The Morgan fingerprint density at radius 1 is 1.50 bits per heavy atom. The molecule has 1 aromatic heterocycles. The molecule has 0 aliphatic carbocycles. The number of hydrogen-bond acceptors (Lipinski definition) is 4. The summed E-state index contributed by atoms with van der Waals surface area (Å²) < 4.78 is 7.23. The van der Waals surface area contributed by atoms with Gasteiger partial charge in [-0.3, -0.25) is 4.99 Å². The summed E-state index contributed by atoms with van der Waals surface area (Å²) in [5.74, 6) is 1.46. The number of hydrogen-bond donors (Lipinski definition) is 2. The SMILES string of the molecule is CCOCCCN=C(N)NCCn1cnnc1CC.I. The molecular weight excluding hydrogens is 371 g/mol. The maximum atomic E-state index is 5.76. The van der Waals surface area contributed by atoms with Crippen LogP contribution in [-0.2, 0) is 17.7 Å². The number of aliphatic imine (C=N–C) groups is 1. The van der Waals surface area contributed by atoms with Gasteiger partial charge in [0, 0.05) is 39.3 Å². The number of nitrogens with one attached hydrogen (secondary N) is 1. The highest BCUT2D eigenvalue weighted by molar-refractivity contribution is 14.0. The van der Waals surface area contributed by atoms with Crippen LogP contribution < -0.4 is 11.1 Å². The van der Waals surface area contributed by atoms with Crippen LogP contribution in [0.25, 0.3) is 0 Å². The fraction of sp³-hybridized carbons (Fsp3) is 0.750. The maximum Gasteiger partial charge on any atom is 0.188 e. The van der Waals surface area contributed by atoms with Gasteiger partial charge in [-0.2, -0.15) is 0 Å². The minimum Gasteiger partial charge on any atom is -0.382 e. The summed E-state index contributed by atoms with van der Waals surface area (Å²) in [5.41, 5.74) is 5.76. The lowest BCUT2D eigenvalue weighted by molar-refractivity contribution is 0.146. The van der Waals surface area contributed by atoms with E-state index in [4.69, 9.17) is 10.5 Å². The summed E-state index contributed by atoms with van der Waals surface area (Å²) in [6, 6.07) is 0. The average molecular weight is 396 g/mol. The number of aromatic nitrogens is 3. The first-order chi connectivity index (χ1) is 9.27. The van der Waals surface area contributed by atoms with Crippen LogP contribution in [0.5, 0.6) is 0 Å². The third kappa shape index (κ3) is 7.63. The van der Waals surface area contributed by atoms with Gasteiger partial charge in [-0.25, -0.2) is 0 Å². The lowest BCUT2D eigenvalue weighted by Crippen LogP contribution is -2.34. The molecule has 0 unspecified atom stereocenters. The zero-order chi connectivity index (χ0) is 13.9. The first-order valence-corrected chi connectivity index (χ1v) is 6.76. The molecule has 8 heteroatoms. The van der Waals surface area contributed by atoms with Gasteiger partial charge in [0.15, 0.2) is 5.96 Å². The van der Waals surface area contributed by atoms with Crippen LogP contribution in [0, 0.1) is 0 Å². The highest BCUT2D eigenvalue weighted by Gasteiger charge is 2.00. The second-order valence-corrected chi connectivity index (χ2v) is 4.04. The third-order valence-electron chi connectivity index (χ3n) is 2.60. The van der Waals surface area contributed by atoms with Crippen molar-refractivity contribution < 1.29 is 4.74 Å². The minimum atomic E-state index is 0. The molecule has 7 nitrogen and oxygen atoms in total. The number of nitrogens with two attached hydrogens (primary N) is 1. The Kier molecular flexibility index (Phi) is 11.4. The molecule has 0 aromatic carbocycles. The molecule has 0 bridgehead atoms. The van der Waals surface area contributed by atoms with Crippen molar-refractivity contribution in [3.8, 4) is 0 Å². The van der Waals surface area contributed by atoms with Gasteiger partial charge in [-0.05, 0) is 13.3 Å². The molecule has 0 saturated carbocycles. The highest BCUT2D eigenvalue weighted by Crippen LogP contribution is 1.94. The molecule has 0 spiro atoms. The molecule has 0 amide bonds. The second-order valence-electron chi connectivity index (χ2n) is 4.04. The monoisotopic (exact) mass is 396 g/mol. The van der Waals surface area contributed by atoms with Crippen molar-refractivity contribution in [3.05, 3.63) is 12.2 Å². The predicted molar refractivity (Wildman–Crippen MR) is 90.4 cm³/mol. The molecule has 0 aliphatic heterocycles. The fourth-order valence-electron chi connectivity index (χ4n) is 1.61. The summed E-state index contributed by atoms with van der Waals surface area (Å²) in [6.07, 6.45) is 3.50. The van der Waals surface area contributed by atoms with Crippen LogP contribution >= 0.6 is 24.0 Å². The van der Waals surface area contributed by atoms with Crippen LogP contribution in [0.2, 0.25) is 0 Å². The van der Waals surface area contributed by atoms with Crippen LogP contribution in [0.4, 0.5) is 0 Å². The van der Waals surface area contributed by atoms with Gasteiger partial charge in [-0.1, -0.05) is 6.92 Å². The molecule has 1 aromatic rings. The number of rotatable bonds is 9. The Bertz CT molecular complexity index is 382. The quantitative estimate of drug-likeness (QED) is 0.279. The summed E-state index contributed by atoms with van der Waals surface area (Å²) in [7, 11) is 0. The summed E-state index contributed by atoms with van der Waals surface area (Å²) in [6.45, 7) is 7.70. The van der Waals surface area contributed by atoms with Gasteiger partial charge in [0.1, 0.15) is 12.2 Å². The smallest absolute Gasteiger partial charge is 0.188 e. The first kappa shape index (κ1) is 19.1. The predicted octanol–water partition coefficient (Wildman–Crippen LogP) is 0.789. The molecule has 0 saturated heterocycles. The Hall–Kier alpha value is -0.900. The van der Waals surface area contributed by atoms with Gasteiger partial charge in [-0.15, -0.1) is 34.2 Å². The van der Waals surface area contributed by atoms with E-state index in [1.165, 1.54) is 0 Å². The minimum absolute atomic E-state index is 0. The van der Waals surface area contributed by atoms with E-state index in [9.17, 15) is 0 Å². The zero-order valence-electron chi connectivity index (χ0n) is 12.2. The highest BCUT2D eigenvalue weighted by atomic mass is 127. The number of halogens is 1. The molecule has 1 heterocycles. The van der Waals surface area contributed by atoms with Crippen molar-refractivity contribution >= 4 is 29.9 Å². The summed E-state index contributed by atoms with van der Waals surface area (Å²) in [5, 5.41) is 11.0. The topological polar surface area (TPSA) is 90.3 Å². The van der Waals surface area contributed by atoms with E-state index in [2.05, 4.69) is 27.4 Å². The molecule has 0 aliphatic rings. The van der Waals surface area contributed by atoms with Gasteiger partial charge >= 0.3 is 0 Å².